The lowest BCUT2D eigenvalue weighted by Crippen LogP contribution is -2.16. The summed E-state index contributed by atoms with van der Waals surface area (Å²) >= 11 is 0. The summed E-state index contributed by atoms with van der Waals surface area (Å²) in [5.41, 5.74) is 19.0. The highest BCUT2D eigenvalue weighted by Crippen LogP contribution is 2.53. The molecule has 11 aromatic rings. The van der Waals surface area contributed by atoms with Gasteiger partial charge >= 0.3 is 0 Å². The number of hydrogen-bond donors (Lipinski definition) is 0. The molecule has 0 bridgehead atoms. The van der Waals surface area contributed by atoms with Gasteiger partial charge in [-0.05, 0) is 176 Å². The first-order valence-electron chi connectivity index (χ1n) is 25.6. The van der Waals surface area contributed by atoms with Crippen molar-refractivity contribution in [3.63, 3.8) is 0 Å². The number of hydrogen-bond acceptors (Lipinski definition) is 4. The average Bonchev–Trinajstić information content (AvgIpc) is 3.81. The van der Waals surface area contributed by atoms with Gasteiger partial charge in [-0.15, -0.1) is 0 Å². The van der Waals surface area contributed by atoms with Gasteiger partial charge in [-0.2, -0.15) is 0 Å². The molecule has 13 rings (SSSR count). The van der Waals surface area contributed by atoms with E-state index in [1.807, 2.05) is 60.7 Å². The first-order valence-corrected chi connectivity index (χ1v) is 25.6. The van der Waals surface area contributed by atoms with Crippen molar-refractivity contribution in [2.75, 3.05) is 9.80 Å². The van der Waals surface area contributed by atoms with Gasteiger partial charge in [-0.3, -0.25) is 0 Å². The van der Waals surface area contributed by atoms with Crippen LogP contribution in [0.4, 0.5) is 34.1 Å². The van der Waals surface area contributed by atoms with Crippen LogP contribution < -0.4 is 19.3 Å². The highest BCUT2D eigenvalue weighted by molar-refractivity contribution is 6.06. The van der Waals surface area contributed by atoms with Crippen LogP contribution in [-0.4, -0.2) is 0 Å². The van der Waals surface area contributed by atoms with Crippen LogP contribution in [0.1, 0.15) is 49.9 Å². The second kappa shape index (κ2) is 17.9. The molecule has 11 aromatic carbocycles. The number of ether oxygens (including phenoxy) is 2. The SMILES string of the molecule is CC1(C)c2ccccc2-c2ccc(N(c3ccc(Oc4ccccc4)cc3)c3ccc(-c4ccc(N(c5ccc(Oc6ccccc6)cc5)c5ccc6c(c5)C(C)(C)c5ccccc5-6)c5ccccc45)cc3)cc21. The van der Waals surface area contributed by atoms with E-state index in [1.54, 1.807) is 0 Å². The third kappa shape index (κ3) is 7.70. The Morgan fingerprint density at radius 1 is 0.270 bits per heavy atom. The first-order chi connectivity index (χ1) is 36.2. The zero-order valence-electron chi connectivity index (χ0n) is 42.0. The molecule has 0 spiro atoms. The van der Waals surface area contributed by atoms with Crippen LogP contribution in [0.25, 0.3) is 44.2 Å². The smallest absolute Gasteiger partial charge is 0.127 e. The highest BCUT2D eigenvalue weighted by Gasteiger charge is 2.37. The Bertz CT molecular complexity index is 3880. The Morgan fingerprint density at radius 3 is 1.15 bits per heavy atom. The van der Waals surface area contributed by atoms with Crippen molar-refractivity contribution in [3.8, 4) is 56.4 Å². The zero-order chi connectivity index (χ0) is 50.0. The zero-order valence-corrected chi connectivity index (χ0v) is 42.0. The van der Waals surface area contributed by atoms with Gasteiger partial charge in [0, 0.05) is 44.7 Å². The molecule has 0 heterocycles. The summed E-state index contributed by atoms with van der Waals surface area (Å²) in [5.74, 6) is 3.19. The fourth-order valence-electron chi connectivity index (χ4n) is 11.6. The summed E-state index contributed by atoms with van der Waals surface area (Å²) in [5, 5.41) is 2.33. The van der Waals surface area contributed by atoms with Crippen LogP contribution in [0.2, 0.25) is 0 Å². The molecule has 0 aliphatic heterocycles. The van der Waals surface area contributed by atoms with Crippen LogP contribution in [-0.2, 0) is 10.8 Å². The molecule has 74 heavy (non-hydrogen) atoms. The molecular weight excluding hydrogens is 901 g/mol. The monoisotopic (exact) mass is 954 g/mol. The lowest BCUT2D eigenvalue weighted by molar-refractivity contribution is 0.482. The second-order valence-electron chi connectivity index (χ2n) is 20.5. The third-order valence-electron chi connectivity index (χ3n) is 15.4. The highest BCUT2D eigenvalue weighted by atomic mass is 16.5. The summed E-state index contributed by atoms with van der Waals surface area (Å²) in [4.78, 5) is 4.77. The molecule has 2 aliphatic rings. The molecule has 0 aromatic heterocycles. The molecule has 2 aliphatic carbocycles. The Labute approximate surface area is 434 Å². The number of anilines is 6. The molecule has 4 heteroatoms. The lowest BCUT2D eigenvalue weighted by Gasteiger charge is -2.30. The van der Waals surface area contributed by atoms with E-state index < -0.39 is 0 Å². The number of nitrogens with zero attached hydrogens (tertiary/aromatic N) is 2. The minimum absolute atomic E-state index is 0.142. The quantitative estimate of drug-likeness (QED) is 0.129. The fourth-order valence-corrected chi connectivity index (χ4v) is 11.6. The van der Waals surface area contributed by atoms with Gasteiger partial charge in [-0.1, -0.05) is 167 Å². The number of para-hydroxylation sites is 2. The maximum atomic E-state index is 6.29. The number of rotatable bonds is 11. The summed E-state index contributed by atoms with van der Waals surface area (Å²) in [6, 6.07) is 90.9. The van der Waals surface area contributed by atoms with Crippen LogP contribution in [0, 0.1) is 0 Å². The lowest BCUT2D eigenvalue weighted by atomic mass is 9.82. The third-order valence-corrected chi connectivity index (χ3v) is 15.4. The van der Waals surface area contributed by atoms with Crippen LogP contribution in [0.3, 0.4) is 0 Å². The Kier molecular flexibility index (Phi) is 10.8. The maximum Gasteiger partial charge on any atom is 0.127 e. The summed E-state index contributed by atoms with van der Waals surface area (Å²) < 4.78 is 12.5. The van der Waals surface area contributed by atoms with Crippen LogP contribution >= 0.6 is 0 Å². The van der Waals surface area contributed by atoms with E-state index in [-0.39, 0.29) is 10.8 Å². The molecule has 356 valence electrons. The molecule has 0 radical (unpaired) electrons. The molecule has 0 amide bonds. The summed E-state index contributed by atoms with van der Waals surface area (Å²) in [7, 11) is 0. The predicted octanol–water partition coefficient (Wildman–Crippen LogP) is 19.6. The van der Waals surface area contributed by atoms with Crippen molar-refractivity contribution in [1.82, 2.24) is 0 Å². The minimum atomic E-state index is -0.155. The topological polar surface area (TPSA) is 24.9 Å². The fraction of sp³-hybridized carbons (Fsp3) is 0.0857. The summed E-state index contributed by atoms with van der Waals surface area (Å²) in [6.07, 6.45) is 0. The molecule has 0 fully saturated rings. The van der Waals surface area contributed by atoms with Crippen molar-refractivity contribution in [3.05, 3.63) is 277 Å². The Morgan fingerprint density at radius 2 is 0.635 bits per heavy atom. The van der Waals surface area contributed by atoms with E-state index in [0.29, 0.717) is 0 Å². The van der Waals surface area contributed by atoms with Crippen molar-refractivity contribution in [2.45, 2.75) is 38.5 Å². The molecule has 0 saturated carbocycles. The van der Waals surface area contributed by atoms with Gasteiger partial charge in [0.15, 0.2) is 0 Å². The van der Waals surface area contributed by atoms with Gasteiger partial charge < -0.3 is 19.3 Å². The standard InChI is InChI=1S/C70H54N2O2/c1-69(2)64-25-15-13-22-59(64)61-41-35-51(45-66(61)69)71(49-31-37-55(38-32-49)73-53-17-7-5-8-18-53)48-29-27-47(28-30-48)57-43-44-68(63-24-12-11-21-58(57)63)72(50-33-39-56(40-34-50)74-54-19-9-6-10-20-54)52-36-42-62-60-23-14-16-26-65(60)70(3,4)67(62)46-52/h5-46H,1-4H3. The number of fused-ring (bicyclic) bond motifs is 7. The Balaban J connectivity index is 0.894. The van der Waals surface area contributed by atoms with Crippen molar-refractivity contribution in [2.24, 2.45) is 0 Å². The first kappa shape index (κ1) is 44.8. The van der Waals surface area contributed by atoms with Gasteiger partial charge in [0.05, 0.1) is 5.69 Å². The van der Waals surface area contributed by atoms with Gasteiger partial charge in [0.25, 0.3) is 0 Å². The number of benzene rings is 11. The van der Waals surface area contributed by atoms with Crippen molar-refractivity contribution in [1.29, 1.82) is 0 Å². The van der Waals surface area contributed by atoms with E-state index in [2.05, 4.69) is 232 Å². The normalized spacial score (nSPS) is 13.4. The molecule has 0 N–H and O–H groups in total. The molecule has 4 nitrogen and oxygen atoms in total. The van der Waals surface area contributed by atoms with E-state index in [1.165, 1.54) is 55.5 Å². The second-order valence-corrected chi connectivity index (χ2v) is 20.5. The van der Waals surface area contributed by atoms with Gasteiger partial charge in [0.1, 0.15) is 23.0 Å². The van der Waals surface area contributed by atoms with Gasteiger partial charge in [0.2, 0.25) is 0 Å². The van der Waals surface area contributed by atoms with Crippen LogP contribution in [0.5, 0.6) is 23.0 Å². The summed E-state index contributed by atoms with van der Waals surface area (Å²) in [6.45, 7) is 9.38. The molecule has 0 saturated heterocycles. The largest absolute Gasteiger partial charge is 0.457 e. The minimum Gasteiger partial charge on any atom is -0.457 e. The van der Waals surface area contributed by atoms with Crippen molar-refractivity contribution >= 4 is 44.9 Å². The van der Waals surface area contributed by atoms with E-state index in [0.717, 1.165) is 68.1 Å². The average molecular weight is 955 g/mol. The van der Waals surface area contributed by atoms with E-state index in [4.69, 9.17) is 9.47 Å². The van der Waals surface area contributed by atoms with E-state index >= 15 is 0 Å². The maximum absolute atomic E-state index is 6.29. The van der Waals surface area contributed by atoms with Crippen LogP contribution in [0.15, 0.2) is 255 Å². The molecular formula is C70H54N2O2. The predicted molar refractivity (Wildman–Crippen MR) is 307 cm³/mol. The Hall–Kier alpha value is -9.12. The van der Waals surface area contributed by atoms with Crippen molar-refractivity contribution < 1.29 is 9.47 Å². The van der Waals surface area contributed by atoms with E-state index in [9.17, 15) is 0 Å². The molecule has 0 unspecified atom stereocenters. The molecule has 0 atom stereocenters. The van der Waals surface area contributed by atoms with Gasteiger partial charge in [-0.25, -0.2) is 0 Å².